The van der Waals surface area contributed by atoms with Crippen LogP contribution in [0.4, 0.5) is 0 Å². The maximum atomic E-state index is 11.9. The largest absolute Gasteiger partial charge is 0.497 e. The molecular formula is C16H22O2. The summed E-state index contributed by atoms with van der Waals surface area (Å²) in [6.45, 7) is 5.82. The smallest absolute Gasteiger partial charge is 0.137 e. The molecule has 0 radical (unpaired) electrons. The zero-order valence-electron chi connectivity index (χ0n) is 11.3. The second-order valence-corrected chi connectivity index (χ2v) is 4.74. The molecule has 0 saturated heterocycles. The number of hydrogen-bond donors (Lipinski definition) is 0. The first-order chi connectivity index (χ1) is 8.65. The molecule has 0 heterocycles. The first-order valence-corrected chi connectivity index (χ1v) is 6.41. The van der Waals surface area contributed by atoms with Crippen molar-refractivity contribution in [3.63, 3.8) is 0 Å². The first kappa shape index (κ1) is 14.5. The Morgan fingerprint density at radius 1 is 1.39 bits per heavy atom. The van der Waals surface area contributed by atoms with Crippen LogP contribution < -0.4 is 4.74 Å². The van der Waals surface area contributed by atoms with Crippen LogP contribution in [0.5, 0.6) is 5.75 Å². The van der Waals surface area contributed by atoms with E-state index in [2.05, 4.69) is 13.5 Å². The van der Waals surface area contributed by atoms with E-state index < -0.39 is 0 Å². The minimum atomic E-state index is 0.303. The first-order valence-electron chi connectivity index (χ1n) is 6.41. The van der Waals surface area contributed by atoms with E-state index in [1.807, 2.05) is 30.3 Å². The van der Waals surface area contributed by atoms with Crippen LogP contribution in [0.3, 0.4) is 0 Å². The molecule has 1 atom stereocenters. The van der Waals surface area contributed by atoms with Crippen molar-refractivity contribution < 1.29 is 9.53 Å². The fourth-order valence-corrected chi connectivity index (χ4v) is 1.94. The van der Waals surface area contributed by atoms with Crippen LogP contribution in [0.1, 0.15) is 31.7 Å². The highest BCUT2D eigenvalue weighted by molar-refractivity contribution is 5.81. The lowest BCUT2D eigenvalue weighted by molar-refractivity contribution is -0.119. The summed E-state index contributed by atoms with van der Waals surface area (Å²) < 4.78 is 5.09. The van der Waals surface area contributed by atoms with Crippen molar-refractivity contribution in [3.05, 3.63) is 42.5 Å². The summed E-state index contributed by atoms with van der Waals surface area (Å²) in [6, 6.07) is 7.68. The fraction of sp³-hybridized carbons (Fsp3) is 0.438. The summed E-state index contributed by atoms with van der Waals surface area (Å²) in [5, 5.41) is 0. The van der Waals surface area contributed by atoms with Gasteiger partial charge in [0.15, 0.2) is 0 Å². The number of carbonyl (C=O) groups excluding carboxylic acids is 1. The standard InChI is InChI=1S/C16H22O2/c1-4-5-6-13(2)11-15(17)12-14-7-9-16(18-3)10-8-14/h4,7-10,13H,1,5-6,11-12H2,2-3H3. The van der Waals surface area contributed by atoms with Crippen molar-refractivity contribution >= 4 is 5.78 Å². The molecule has 0 bridgehead atoms. The summed E-state index contributed by atoms with van der Waals surface area (Å²) in [6.07, 6.45) is 5.10. The minimum Gasteiger partial charge on any atom is -0.497 e. The fourth-order valence-electron chi connectivity index (χ4n) is 1.94. The van der Waals surface area contributed by atoms with Gasteiger partial charge in [0.05, 0.1) is 7.11 Å². The molecule has 0 aromatic heterocycles. The van der Waals surface area contributed by atoms with E-state index in [-0.39, 0.29) is 0 Å². The molecule has 98 valence electrons. The SMILES string of the molecule is C=CCCC(C)CC(=O)Cc1ccc(OC)cc1. The van der Waals surface area contributed by atoms with Gasteiger partial charge in [-0.15, -0.1) is 6.58 Å². The third kappa shape index (κ3) is 5.17. The zero-order chi connectivity index (χ0) is 13.4. The van der Waals surface area contributed by atoms with Crippen LogP contribution in [0, 0.1) is 5.92 Å². The third-order valence-electron chi connectivity index (χ3n) is 3.00. The van der Waals surface area contributed by atoms with Gasteiger partial charge in [0.25, 0.3) is 0 Å². The van der Waals surface area contributed by atoms with Gasteiger partial charge in [-0.05, 0) is 36.5 Å². The van der Waals surface area contributed by atoms with E-state index >= 15 is 0 Å². The summed E-state index contributed by atoms with van der Waals surface area (Å²) in [4.78, 5) is 11.9. The average molecular weight is 246 g/mol. The van der Waals surface area contributed by atoms with Crippen LogP contribution in [-0.2, 0) is 11.2 Å². The normalized spacial score (nSPS) is 11.9. The van der Waals surface area contributed by atoms with E-state index in [1.165, 1.54) is 0 Å². The van der Waals surface area contributed by atoms with Crippen LogP contribution in [-0.4, -0.2) is 12.9 Å². The van der Waals surface area contributed by atoms with Crippen molar-refractivity contribution in [2.45, 2.75) is 32.6 Å². The van der Waals surface area contributed by atoms with Crippen LogP contribution >= 0.6 is 0 Å². The van der Waals surface area contributed by atoms with Crippen LogP contribution in [0.2, 0.25) is 0 Å². The van der Waals surface area contributed by atoms with Gasteiger partial charge in [0, 0.05) is 12.8 Å². The topological polar surface area (TPSA) is 26.3 Å². The Balaban J connectivity index is 2.41. The van der Waals surface area contributed by atoms with Crippen molar-refractivity contribution in [3.8, 4) is 5.75 Å². The van der Waals surface area contributed by atoms with Gasteiger partial charge < -0.3 is 4.74 Å². The summed E-state index contributed by atoms with van der Waals surface area (Å²) >= 11 is 0. The molecule has 2 nitrogen and oxygen atoms in total. The number of allylic oxidation sites excluding steroid dienone is 1. The Hall–Kier alpha value is -1.57. The van der Waals surface area contributed by atoms with Gasteiger partial charge in [0.1, 0.15) is 11.5 Å². The van der Waals surface area contributed by atoms with Crippen molar-refractivity contribution in [1.82, 2.24) is 0 Å². The molecule has 2 heteroatoms. The summed E-state index contributed by atoms with van der Waals surface area (Å²) in [5.74, 6) is 1.57. The lowest BCUT2D eigenvalue weighted by atomic mass is 9.96. The summed E-state index contributed by atoms with van der Waals surface area (Å²) in [7, 11) is 1.64. The molecule has 0 aliphatic carbocycles. The van der Waals surface area contributed by atoms with Crippen LogP contribution in [0.15, 0.2) is 36.9 Å². The Morgan fingerprint density at radius 3 is 2.61 bits per heavy atom. The Kier molecular flexibility index (Phi) is 6.20. The van der Waals surface area contributed by atoms with Gasteiger partial charge in [-0.25, -0.2) is 0 Å². The van der Waals surface area contributed by atoms with Gasteiger partial charge in [-0.3, -0.25) is 4.79 Å². The number of ketones is 1. The van der Waals surface area contributed by atoms with Crippen molar-refractivity contribution in [2.24, 2.45) is 5.92 Å². The lowest BCUT2D eigenvalue weighted by Crippen LogP contribution is -2.08. The van der Waals surface area contributed by atoms with E-state index in [4.69, 9.17) is 4.74 Å². The number of benzene rings is 1. The summed E-state index contributed by atoms with van der Waals surface area (Å²) in [5.41, 5.74) is 1.05. The van der Waals surface area contributed by atoms with E-state index in [1.54, 1.807) is 7.11 Å². The Morgan fingerprint density at radius 2 is 2.06 bits per heavy atom. The lowest BCUT2D eigenvalue weighted by Gasteiger charge is -2.09. The Labute approximate surface area is 110 Å². The predicted molar refractivity (Wildman–Crippen MR) is 74.9 cm³/mol. The highest BCUT2D eigenvalue weighted by Gasteiger charge is 2.09. The highest BCUT2D eigenvalue weighted by atomic mass is 16.5. The molecular weight excluding hydrogens is 224 g/mol. The highest BCUT2D eigenvalue weighted by Crippen LogP contribution is 2.15. The molecule has 0 fully saturated rings. The molecule has 0 amide bonds. The maximum Gasteiger partial charge on any atom is 0.137 e. The zero-order valence-corrected chi connectivity index (χ0v) is 11.3. The average Bonchev–Trinajstić information content (AvgIpc) is 2.37. The molecule has 1 unspecified atom stereocenters. The van der Waals surface area contributed by atoms with Crippen molar-refractivity contribution in [1.29, 1.82) is 0 Å². The number of hydrogen-bond acceptors (Lipinski definition) is 2. The van der Waals surface area contributed by atoms with Gasteiger partial charge in [-0.2, -0.15) is 0 Å². The molecule has 0 aliphatic heterocycles. The molecule has 0 N–H and O–H groups in total. The molecule has 1 aromatic rings. The minimum absolute atomic E-state index is 0.303. The van der Waals surface area contributed by atoms with Gasteiger partial charge in [-0.1, -0.05) is 25.1 Å². The quantitative estimate of drug-likeness (QED) is 0.652. The van der Waals surface area contributed by atoms with Crippen molar-refractivity contribution in [2.75, 3.05) is 7.11 Å². The predicted octanol–water partition coefficient (Wildman–Crippen LogP) is 3.80. The molecule has 1 aromatic carbocycles. The third-order valence-corrected chi connectivity index (χ3v) is 3.00. The molecule has 1 rings (SSSR count). The number of rotatable bonds is 8. The molecule has 0 saturated carbocycles. The number of methoxy groups -OCH3 is 1. The second-order valence-electron chi connectivity index (χ2n) is 4.74. The maximum absolute atomic E-state index is 11.9. The number of Topliss-reactive ketones (excluding diaryl/α,β-unsaturated/α-hetero) is 1. The van der Waals surface area contributed by atoms with Gasteiger partial charge >= 0.3 is 0 Å². The number of carbonyl (C=O) groups is 1. The van der Waals surface area contributed by atoms with E-state index in [0.717, 1.165) is 24.2 Å². The van der Waals surface area contributed by atoms with Crippen LogP contribution in [0.25, 0.3) is 0 Å². The van der Waals surface area contributed by atoms with E-state index in [0.29, 0.717) is 24.5 Å². The van der Waals surface area contributed by atoms with E-state index in [9.17, 15) is 4.79 Å². The van der Waals surface area contributed by atoms with Gasteiger partial charge in [0.2, 0.25) is 0 Å². The molecule has 0 spiro atoms. The molecule has 0 aliphatic rings. The number of ether oxygens (including phenoxy) is 1. The Bertz CT molecular complexity index is 379. The second kappa shape index (κ2) is 7.70. The molecule has 18 heavy (non-hydrogen) atoms. The monoisotopic (exact) mass is 246 g/mol.